The van der Waals surface area contributed by atoms with E-state index in [1.807, 2.05) is 61.5 Å². The second-order valence-corrected chi connectivity index (χ2v) is 6.84. The molecule has 0 saturated heterocycles. The lowest BCUT2D eigenvalue weighted by Crippen LogP contribution is -2.41. The lowest BCUT2D eigenvalue weighted by atomic mass is 9.76. The van der Waals surface area contributed by atoms with Crippen LogP contribution in [0.1, 0.15) is 30.4 Å². The molecule has 146 valence electrons. The summed E-state index contributed by atoms with van der Waals surface area (Å²) in [4.78, 5) is 25.9. The molecule has 1 aliphatic carbocycles. The number of methoxy groups -OCH3 is 3. The van der Waals surface area contributed by atoms with Crippen LogP contribution in [0.3, 0.4) is 0 Å². The van der Waals surface area contributed by atoms with Gasteiger partial charge < -0.3 is 14.2 Å². The van der Waals surface area contributed by atoms with Gasteiger partial charge in [-0.2, -0.15) is 0 Å². The van der Waals surface area contributed by atoms with Crippen LogP contribution in [0.25, 0.3) is 5.57 Å². The minimum absolute atomic E-state index is 0.126. The summed E-state index contributed by atoms with van der Waals surface area (Å²) in [6.45, 7) is 1.96. The number of allylic oxidation sites excluding steroid dienone is 1. The summed E-state index contributed by atoms with van der Waals surface area (Å²) in [5.74, 6) is -0.583. The van der Waals surface area contributed by atoms with Gasteiger partial charge in [0.1, 0.15) is 5.75 Å². The highest BCUT2D eigenvalue weighted by Gasteiger charge is 2.58. The van der Waals surface area contributed by atoms with Gasteiger partial charge >= 0.3 is 11.9 Å². The Balaban J connectivity index is 2.22. The Kier molecular flexibility index (Phi) is 5.54. The number of esters is 2. The van der Waals surface area contributed by atoms with Gasteiger partial charge in [-0.15, -0.1) is 0 Å². The maximum absolute atomic E-state index is 13.0. The summed E-state index contributed by atoms with van der Waals surface area (Å²) in [5.41, 5.74) is 1.92. The molecule has 5 heteroatoms. The fourth-order valence-corrected chi connectivity index (χ4v) is 4.16. The van der Waals surface area contributed by atoms with Gasteiger partial charge in [-0.3, -0.25) is 9.59 Å². The van der Waals surface area contributed by atoms with E-state index in [4.69, 9.17) is 14.2 Å². The third kappa shape index (κ3) is 3.07. The van der Waals surface area contributed by atoms with Crippen molar-refractivity contribution in [2.24, 2.45) is 5.41 Å². The first-order chi connectivity index (χ1) is 13.5. The van der Waals surface area contributed by atoms with Crippen molar-refractivity contribution in [2.45, 2.75) is 19.3 Å². The summed E-state index contributed by atoms with van der Waals surface area (Å²) in [7, 11) is 4.21. The summed E-state index contributed by atoms with van der Waals surface area (Å²) in [6.07, 6.45) is 0.259. The average molecular weight is 380 g/mol. The molecule has 3 rings (SSSR count). The summed E-state index contributed by atoms with van der Waals surface area (Å²) in [6, 6.07) is 17.1. The normalized spacial score (nSPS) is 17.9. The predicted octanol–water partition coefficient (Wildman–Crippen LogP) is 3.99. The van der Waals surface area contributed by atoms with Gasteiger partial charge in [0.25, 0.3) is 0 Å². The lowest BCUT2D eigenvalue weighted by Gasteiger charge is -2.27. The van der Waals surface area contributed by atoms with E-state index in [2.05, 4.69) is 0 Å². The molecule has 1 aliphatic rings. The van der Waals surface area contributed by atoms with Crippen molar-refractivity contribution in [3.05, 3.63) is 71.3 Å². The van der Waals surface area contributed by atoms with Crippen LogP contribution in [-0.2, 0) is 19.1 Å². The SMILES string of the molecule is COC(=O)C1(C(=O)OC)CC(c2ccc(OC)cc2)C(C)=C1c1ccccc1. The molecule has 0 bridgehead atoms. The van der Waals surface area contributed by atoms with Crippen LogP contribution in [0.2, 0.25) is 0 Å². The third-order valence-corrected chi connectivity index (χ3v) is 5.50. The molecular formula is C23H24O5. The molecule has 0 heterocycles. The minimum Gasteiger partial charge on any atom is -0.497 e. The fourth-order valence-electron chi connectivity index (χ4n) is 4.16. The zero-order chi connectivity index (χ0) is 20.3. The van der Waals surface area contributed by atoms with Crippen LogP contribution >= 0.6 is 0 Å². The Hall–Kier alpha value is -3.08. The number of hydrogen-bond acceptors (Lipinski definition) is 5. The molecule has 0 amide bonds. The highest BCUT2D eigenvalue weighted by molar-refractivity contribution is 6.14. The molecule has 0 N–H and O–H groups in total. The maximum Gasteiger partial charge on any atom is 0.327 e. The Morgan fingerprint density at radius 1 is 0.893 bits per heavy atom. The molecule has 0 radical (unpaired) electrons. The summed E-state index contributed by atoms with van der Waals surface area (Å²) < 4.78 is 15.4. The highest BCUT2D eigenvalue weighted by atomic mass is 16.5. The third-order valence-electron chi connectivity index (χ3n) is 5.50. The van der Waals surface area contributed by atoms with Crippen LogP contribution < -0.4 is 4.74 Å². The zero-order valence-corrected chi connectivity index (χ0v) is 16.5. The van der Waals surface area contributed by atoms with E-state index in [-0.39, 0.29) is 12.3 Å². The molecule has 0 fully saturated rings. The van der Waals surface area contributed by atoms with Gasteiger partial charge in [0.2, 0.25) is 0 Å². The quantitative estimate of drug-likeness (QED) is 0.580. The van der Waals surface area contributed by atoms with E-state index < -0.39 is 17.4 Å². The van der Waals surface area contributed by atoms with Crippen LogP contribution in [0.5, 0.6) is 5.75 Å². The van der Waals surface area contributed by atoms with Crippen molar-refractivity contribution in [2.75, 3.05) is 21.3 Å². The molecule has 2 aromatic rings. The molecule has 2 aromatic carbocycles. The van der Waals surface area contributed by atoms with E-state index in [1.165, 1.54) is 14.2 Å². The van der Waals surface area contributed by atoms with Crippen molar-refractivity contribution >= 4 is 17.5 Å². The fraction of sp³-hybridized carbons (Fsp3) is 0.304. The van der Waals surface area contributed by atoms with Gasteiger partial charge in [0.05, 0.1) is 21.3 Å². The molecule has 0 spiro atoms. The second-order valence-electron chi connectivity index (χ2n) is 6.84. The van der Waals surface area contributed by atoms with Crippen molar-refractivity contribution in [3.63, 3.8) is 0 Å². The van der Waals surface area contributed by atoms with Crippen LogP contribution in [0, 0.1) is 5.41 Å². The molecule has 0 saturated carbocycles. The Bertz CT molecular complexity index is 880. The summed E-state index contributed by atoms with van der Waals surface area (Å²) >= 11 is 0. The number of benzene rings is 2. The van der Waals surface area contributed by atoms with Crippen molar-refractivity contribution in [3.8, 4) is 5.75 Å². The van der Waals surface area contributed by atoms with Gasteiger partial charge in [0, 0.05) is 5.92 Å². The van der Waals surface area contributed by atoms with E-state index in [9.17, 15) is 9.59 Å². The van der Waals surface area contributed by atoms with Crippen molar-refractivity contribution in [1.82, 2.24) is 0 Å². The molecule has 1 unspecified atom stereocenters. The minimum atomic E-state index is -1.50. The molecule has 28 heavy (non-hydrogen) atoms. The first kappa shape index (κ1) is 19.7. The van der Waals surface area contributed by atoms with Crippen LogP contribution in [0.4, 0.5) is 0 Å². The van der Waals surface area contributed by atoms with E-state index in [0.717, 1.165) is 22.4 Å². The Labute approximate surface area is 164 Å². The zero-order valence-electron chi connectivity index (χ0n) is 16.5. The monoisotopic (exact) mass is 380 g/mol. The van der Waals surface area contributed by atoms with Gasteiger partial charge in [0.15, 0.2) is 5.41 Å². The highest BCUT2D eigenvalue weighted by Crippen LogP contribution is 2.56. The second kappa shape index (κ2) is 7.89. The Morgan fingerprint density at radius 2 is 1.46 bits per heavy atom. The average Bonchev–Trinajstić information content (AvgIpc) is 3.07. The van der Waals surface area contributed by atoms with E-state index in [1.54, 1.807) is 7.11 Å². The number of carbonyl (C=O) groups is 2. The topological polar surface area (TPSA) is 61.8 Å². The number of ether oxygens (including phenoxy) is 3. The number of carbonyl (C=O) groups excluding carboxylic acids is 2. The van der Waals surface area contributed by atoms with Gasteiger partial charge in [-0.1, -0.05) is 48.0 Å². The molecule has 0 aliphatic heterocycles. The smallest absolute Gasteiger partial charge is 0.327 e. The standard InChI is InChI=1S/C23H24O5/c1-15-19(16-10-12-18(26-2)13-11-16)14-23(21(24)27-3,22(25)28-4)20(15)17-8-6-5-7-9-17/h5-13,19H,14H2,1-4H3. The van der Waals surface area contributed by atoms with E-state index in [0.29, 0.717) is 5.57 Å². The summed E-state index contributed by atoms with van der Waals surface area (Å²) in [5, 5.41) is 0. The van der Waals surface area contributed by atoms with Crippen molar-refractivity contribution < 1.29 is 23.8 Å². The molecule has 0 aromatic heterocycles. The van der Waals surface area contributed by atoms with Gasteiger partial charge in [-0.25, -0.2) is 0 Å². The maximum atomic E-state index is 13.0. The van der Waals surface area contributed by atoms with Crippen LogP contribution in [0.15, 0.2) is 60.2 Å². The number of rotatable bonds is 5. The van der Waals surface area contributed by atoms with Gasteiger partial charge in [-0.05, 0) is 42.2 Å². The van der Waals surface area contributed by atoms with Crippen LogP contribution in [-0.4, -0.2) is 33.3 Å². The number of hydrogen-bond donors (Lipinski definition) is 0. The predicted molar refractivity (Wildman–Crippen MR) is 106 cm³/mol. The Morgan fingerprint density at radius 3 is 1.96 bits per heavy atom. The van der Waals surface area contributed by atoms with E-state index >= 15 is 0 Å². The first-order valence-electron chi connectivity index (χ1n) is 9.07. The molecule has 5 nitrogen and oxygen atoms in total. The first-order valence-corrected chi connectivity index (χ1v) is 9.07. The van der Waals surface area contributed by atoms with Crippen molar-refractivity contribution in [1.29, 1.82) is 0 Å². The molecule has 1 atom stereocenters. The molecular weight excluding hydrogens is 356 g/mol. The largest absolute Gasteiger partial charge is 0.497 e. The lowest BCUT2D eigenvalue weighted by molar-refractivity contribution is -0.164.